The molecular weight excluding hydrogens is 629 g/mol. The summed E-state index contributed by atoms with van der Waals surface area (Å²) >= 11 is 1.81. The van der Waals surface area contributed by atoms with E-state index in [1.54, 1.807) is 0 Å². The molecule has 0 atom stereocenters. The van der Waals surface area contributed by atoms with Gasteiger partial charge in [-0.1, -0.05) is 127 Å². The molecule has 0 saturated heterocycles. The highest BCUT2D eigenvalue weighted by Crippen LogP contribution is 2.42. The summed E-state index contributed by atoms with van der Waals surface area (Å²) in [5.74, 6) is 2.00. The normalized spacial score (nSPS) is 11.6. The van der Waals surface area contributed by atoms with Gasteiger partial charge in [0.15, 0.2) is 17.5 Å². The van der Waals surface area contributed by atoms with Gasteiger partial charge in [0.2, 0.25) is 0 Å². The summed E-state index contributed by atoms with van der Waals surface area (Å²) in [4.78, 5) is 15.0. The Hall–Kier alpha value is -6.43. The van der Waals surface area contributed by atoms with Gasteiger partial charge < -0.3 is 4.57 Å². The number of para-hydroxylation sites is 2. The molecule has 3 heterocycles. The van der Waals surface area contributed by atoms with E-state index in [1.165, 1.54) is 58.8 Å². The van der Waals surface area contributed by atoms with Crippen LogP contribution in [0.5, 0.6) is 0 Å². The minimum atomic E-state index is 0.664. The molecule has 0 unspecified atom stereocenters. The van der Waals surface area contributed by atoms with Crippen molar-refractivity contribution >= 4 is 53.3 Å². The van der Waals surface area contributed by atoms with Gasteiger partial charge in [0.05, 0.1) is 11.0 Å². The lowest BCUT2D eigenvalue weighted by atomic mass is 10.00. The van der Waals surface area contributed by atoms with Crippen molar-refractivity contribution < 1.29 is 0 Å². The molecular formula is C45H28N4S. The van der Waals surface area contributed by atoms with Crippen LogP contribution in [0.2, 0.25) is 0 Å². The summed E-state index contributed by atoms with van der Waals surface area (Å²) in [6.45, 7) is 0. The van der Waals surface area contributed by atoms with E-state index in [9.17, 15) is 0 Å². The molecule has 0 N–H and O–H groups in total. The van der Waals surface area contributed by atoms with E-state index in [2.05, 4.69) is 114 Å². The first-order valence-electron chi connectivity index (χ1n) is 16.7. The van der Waals surface area contributed by atoms with Crippen LogP contribution in [0.1, 0.15) is 0 Å². The van der Waals surface area contributed by atoms with Gasteiger partial charge in [-0.15, -0.1) is 11.3 Å². The smallest absolute Gasteiger partial charge is 0.164 e. The number of thiophene rings is 1. The predicted molar refractivity (Wildman–Crippen MR) is 209 cm³/mol. The van der Waals surface area contributed by atoms with Gasteiger partial charge in [0.25, 0.3) is 0 Å². The Kier molecular flexibility index (Phi) is 6.64. The van der Waals surface area contributed by atoms with Crippen LogP contribution in [-0.2, 0) is 0 Å². The highest BCUT2D eigenvalue weighted by atomic mass is 32.1. The van der Waals surface area contributed by atoms with Crippen LogP contribution in [0.3, 0.4) is 0 Å². The minimum absolute atomic E-state index is 0.664. The Morgan fingerprint density at radius 3 is 1.72 bits per heavy atom. The summed E-state index contributed by atoms with van der Waals surface area (Å²) in [6.07, 6.45) is 0. The topological polar surface area (TPSA) is 43.6 Å². The van der Waals surface area contributed by atoms with Crippen LogP contribution in [0, 0.1) is 0 Å². The summed E-state index contributed by atoms with van der Waals surface area (Å²) < 4.78 is 4.80. The van der Waals surface area contributed by atoms with E-state index < -0.39 is 0 Å². The average molecular weight is 657 g/mol. The third-order valence-corrected chi connectivity index (χ3v) is 10.6. The number of aromatic nitrogens is 4. The summed E-state index contributed by atoms with van der Waals surface area (Å²) in [7, 11) is 0. The molecule has 0 bridgehead atoms. The molecule has 0 radical (unpaired) electrons. The van der Waals surface area contributed by atoms with Crippen molar-refractivity contribution in [2.45, 2.75) is 0 Å². The molecule has 50 heavy (non-hydrogen) atoms. The number of benzene rings is 7. The van der Waals surface area contributed by atoms with E-state index in [1.807, 2.05) is 72.0 Å². The zero-order chi connectivity index (χ0) is 33.0. The lowest BCUT2D eigenvalue weighted by molar-refractivity contribution is 1.08. The fourth-order valence-electron chi connectivity index (χ4n) is 7.13. The Morgan fingerprint density at radius 1 is 0.380 bits per heavy atom. The van der Waals surface area contributed by atoms with Gasteiger partial charge in [-0.05, 0) is 53.6 Å². The van der Waals surface area contributed by atoms with Crippen molar-refractivity contribution in [1.29, 1.82) is 0 Å². The van der Waals surface area contributed by atoms with Gasteiger partial charge in [-0.3, -0.25) is 0 Å². The number of fused-ring (bicyclic) bond motifs is 6. The summed E-state index contributed by atoms with van der Waals surface area (Å²) in [5, 5.41) is 4.88. The SMILES string of the molecule is c1ccc(-c2nc(-c3ccccc3)nc(-c3cccc4sc5cc(-c6ccc7c(c6)c6ccccc6n7-c6ccccc6)ccc5c34)n2)cc1. The maximum absolute atomic E-state index is 5.06. The van der Waals surface area contributed by atoms with E-state index in [4.69, 9.17) is 15.0 Å². The van der Waals surface area contributed by atoms with E-state index in [0.29, 0.717) is 17.5 Å². The molecule has 5 heteroatoms. The van der Waals surface area contributed by atoms with E-state index >= 15 is 0 Å². The molecule has 0 aliphatic rings. The molecule has 0 aliphatic carbocycles. The highest BCUT2D eigenvalue weighted by molar-refractivity contribution is 7.26. The van der Waals surface area contributed by atoms with Gasteiger partial charge in [0.1, 0.15) is 0 Å². The van der Waals surface area contributed by atoms with Crippen LogP contribution in [0.25, 0.3) is 93.0 Å². The largest absolute Gasteiger partial charge is 0.309 e. The molecule has 0 spiro atoms. The molecule has 7 aromatic carbocycles. The Labute approximate surface area is 292 Å². The highest BCUT2D eigenvalue weighted by Gasteiger charge is 2.18. The Balaban J connectivity index is 1.12. The van der Waals surface area contributed by atoms with E-state index in [-0.39, 0.29) is 0 Å². The van der Waals surface area contributed by atoms with Crippen molar-refractivity contribution in [1.82, 2.24) is 19.5 Å². The van der Waals surface area contributed by atoms with Crippen LogP contribution < -0.4 is 0 Å². The second-order valence-corrected chi connectivity index (χ2v) is 13.5. The predicted octanol–water partition coefficient (Wildman–Crippen LogP) is 12.0. The zero-order valence-electron chi connectivity index (χ0n) is 26.9. The minimum Gasteiger partial charge on any atom is -0.309 e. The number of hydrogen-bond donors (Lipinski definition) is 0. The van der Waals surface area contributed by atoms with Crippen LogP contribution >= 0.6 is 11.3 Å². The lowest BCUT2D eigenvalue weighted by Crippen LogP contribution is -2.00. The Bertz CT molecular complexity index is 2800. The van der Waals surface area contributed by atoms with E-state index in [0.717, 1.165) is 16.7 Å². The quantitative estimate of drug-likeness (QED) is 0.185. The van der Waals surface area contributed by atoms with Crippen molar-refractivity contribution in [2.24, 2.45) is 0 Å². The monoisotopic (exact) mass is 656 g/mol. The second kappa shape index (κ2) is 11.6. The second-order valence-electron chi connectivity index (χ2n) is 12.5. The first kappa shape index (κ1) is 28.6. The average Bonchev–Trinajstić information content (AvgIpc) is 3.74. The van der Waals surface area contributed by atoms with Gasteiger partial charge in [-0.25, -0.2) is 15.0 Å². The van der Waals surface area contributed by atoms with Crippen molar-refractivity contribution in [3.63, 3.8) is 0 Å². The fourth-order valence-corrected chi connectivity index (χ4v) is 8.30. The van der Waals surface area contributed by atoms with Crippen LogP contribution in [-0.4, -0.2) is 19.5 Å². The van der Waals surface area contributed by atoms with Crippen molar-refractivity contribution in [3.8, 4) is 51.0 Å². The lowest BCUT2D eigenvalue weighted by Gasteiger charge is -2.09. The molecule has 0 aliphatic heterocycles. The standard InChI is InChI=1S/C45H28N4S/c1-4-13-29(14-5-1)43-46-44(30-15-6-2-7-16-30)48-45(47-43)36-20-12-22-40-42(36)35-25-23-32(28-41(35)50-40)31-24-26-39-37(27-31)34-19-10-11-21-38(34)49(39)33-17-8-3-9-18-33/h1-28H. The molecule has 4 nitrogen and oxygen atoms in total. The Morgan fingerprint density at radius 2 is 0.980 bits per heavy atom. The molecule has 0 amide bonds. The third-order valence-electron chi connectivity index (χ3n) is 9.46. The maximum Gasteiger partial charge on any atom is 0.164 e. The summed E-state index contributed by atoms with van der Waals surface area (Å²) in [5.41, 5.74) is 8.91. The van der Waals surface area contributed by atoms with Crippen LogP contribution in [0.4, 0.5) is 0 Å². The number of nitrogens with zero attached hydrogens (tertiary/aromatic N) is 4. The van der Waals surface area contributed by atoms with Crippen LogP contribution in [0.15, 0.2) is 170 Å². The maximum atomic E-state index is 5.06. The van der Waals surface area contributed by atoms with Gasteiger partial charge >= 0.3 is 0 Å². The fraction of sp³-hybridized carbons (Fsp3) is 0. The molecule has 10 rings (SSSR count). The number of hydrogen-bond acceptors (Lipinski definition) is 4. The molecule has 234 valence electrons. The van der Waals surface area contributed by atoms with Gasteiger partial charge in [0, 0.05) is 53.3 Å². The molecule has 3 aromatic heterocycles. The zero-order valence-corrected chi connectivity index (χ0v) is 27.7. The van der Waals surface area contributed by atoms with Crippen molar-refractivity contribution in [3.05, 3.63) is 170 Å². The molecule has 0 saturated carbocycles. The van der Waals surface area contributed by atoms with Gasteiger partial charge in [-0.2, -0.15) is 0 Å². The first-order valence-corrected chi connectivity index (χ1v) is 17.5. The molecule has 0 fully saturated rings. The molecule has 10 aromatic rings. The first-order chi connectivity index (χ1) is 24.8. The van der Waals surface area contributed by atoms with Crippen molar-refractivity contribution in [2.75, 3.05) is 0 Å². The third kappa shape index (κ3) is 4.71. The summed E-state index contributed by atoms with van der Waals surface area (Å²) in [6, 6.07) is 59.7. The number of rotatable bonds is 5.